The molecule has 0 N–H and O–H groups in total. The third kappa shape index (κ3) is 10.2. The van der Waals surface area contributed by atoms with Crippen molar-refractivity contribution in [1.29, 1.82) is 0 Å². The second-order valence-corrected chi connectivity index (χ2v) is 33.1. The van der Waals surface area contributed by atoms with Gasteiger partial charge in [-0.15, -0.1) is 0 Å². The molecule has 0 fully saturated rings. The average Bonchev–Trinajstić information content (AvgIpc) is 0.683. The summed E-state index contributed by atoms with van der Waals surface area (Å²) < 4.78 is 118. The molecular weight excluding hydrogens is 1220 g/mol. The van der Waals surface area contributed by atoms with Gasteiger partial charge in [-0.2, -0.15) is 0 Å². The van der Waals surface area contributed by atoms with E-state index < -0.39 is 50.2 Å². The monoisotopic (exact) mass is 1280 g/mol. The molecule has 15 rings (SSSR count). The van der Waals surface area contributed by atoms with Crippen LogP contribution in [0.1, 0.15) is 22.3 Å². The van der Waals surface area contributed by atoms with Crippen molar-refractivity contribution in [1.82, 2.24) is 0 Å². The molecule has 0 spiro atoms. The van der Waals surface area contributed by atoms with Crippen LogP contribution in [0.5, 0.6) is 5.75 Å². The molecule has 0 atom stereocenters. The van der Waals surface area contributed by atoms with E-state index in [0.29, 0.717) is 44.0 Å². The molecule has 0 aromatic heterocycles. The van der Waals surface area contributed by atoms with Crippen LogP contribution < -0.4 is 36.5 Å². The SMILES string of the molecule is FC(F)(F)c1cc(OB(OP(Cc2c3ccccc3cc3cc4ccccc4cc23)(c2ccccc2)(c2ccccc2)c2ccccc2)OP(Cc2c3ccccc3cc3cc4ccccc4cc23)(c2ccccc2)(c2ccccc2)c2ccccc2)cc(C(F)(F)F)c1. The van der Waals surface area contributed by atoms with Gasteiger partial charge in [0.15, 0.2) is 0 Å². The van der Waals surface area contributed by atoms with Crippen LogP contribution in [-0.4, -0.2) is 7.32 Å². The van der Waals surface area contributed by atoms with E-state index in [2.05, 4.69) is 84.9 Å². The molecule has 15 aromatic carbocycles. The third-order valence-electron chi connectivity index (χ3n) is 18.8. The van der Waals surface area contributed by atoms with Gasteiger partial charge in [0, 0.05) is 0 Å². The van der Waals surface area contributed by atoms with E-state index in [1.165, 1.54) is 0 Å². The molecule has 0 unspecified atom stereocenters. The normalized spacial score (nSPS) is 13.2. The second kappa shape index (κ2) is 23.6. The van der Waals surface area contributed by atoms with E-state index in [0.717, 1.165) is 75.8 Å². The van der Waals surface area contributed by atoms with Crippen molar-refractivity contribution in [3.63, 3.8) is 0 Å². The molecule has 3 nitrogen and oxygen atoms in total. The van der Waals surface area contributed by atoms with Gasteiger partial charge in [-0.25, -0.2) is 0 Å². The van der Waals surface area contributed by atoms with E-state index in [1.54, 1.807) is 0 Å². The van der Waals surface area contributed by atoms with Crippen molar-refractivity contribution in [2.75, 3.05) is 0 Å². The maximum atomic E-state index is 15.6. The molecule has 12 heteroatoms. The molecule has 0 aliphatic carbocycles. The maximum absolute atomic E-state index is 15.6. The topological polar surface area (TPSA) is 27.7 Å². The molecule has 15 aromatic rings. The van der Waals surface area contributed by atoms with Gasteiger partial charge in [0.1, 0.15) is 0 Å². The van der Waals surface area contributed by atoms with Crippen molar-refractivity contribution in [3.8, 4) is 5.75 Å². The van der Waals surface area contributed by atoms with Crippen molar-refractivity contribution in [2.24, 2.45) is 0 Å². The molecular formula is C82H59BF6O3P2. The molecule has 94 heavy (non-hydrogen) atoms. The van der Waals surface area contributed by atoms with Crippen molar-refractivity contribution >= 4 is 117 Å². The first-order valence-electron chi connectivity index (χ1n) is 31.1. The summed E-state index contributed by atoms with van der Waals surface area (Å²) >= 11 is 0. The quantitative estimate of drug-likeness (QED) is 0.0418. The van der Waals surface area contributed by atoms with Gasteiger partial charge in [0.25, 0.3) is 0 Å². The zero-order chi connectivity index (χ0) is 64.2. The zero-order valence-electron chi connectivity index (χ0n) is 50.6. The molecule has 0 aliphatic rings. The first-order chi connectivity index (χ1) is 45.7. The van der Waals surface area contributed by atoms with E-state index in [9.17, 15) is 0 Å². The number of hydrogen-bond acceptors (Lipinski definition) is 3. The number of rotatable bonds is 16. The van der Waals surface area contributed by atoms with Gasteiger partial charge < -0.3 is 0 Å². The first kappa shape index (κ1) is 60.3. The molecule has 0 saturated carbocycles. The van der Waals surface area contributed by atoms with Crippen LogP contribution >= 0.6 is 13.7 Å². The van der Waals surface area contributed by atoms with E-state index in [4.69, 9.17) is 13.5 Å². The molecule has 0 amide bonds. The number of halogens is 6. The minimum absolute atomic E-state index is 0.0679. The fourth-order valence-electron chi connectivity index (χ4n) is 14.5. The van der Waals surface area contributed by atoms with Crippen molar-refractivity contribution in [3.05, 3.63) is 356 Å². The summed E-state index contributed by atoms with van der Waals surface area (Å²) in [7, 11) is -2.20. The number of hydrogen-bond donors (Lipinski definition) is 0. The van der Waals surface area contributed by atoms with Gasteiger partial charge in [-0.1, -0.05) is 0 Å². The Bertz CT molecular complexity index is 4780. The van der Waals surface area contributed by atoms with Crippen LogP contribution in [0.15, 0.2) is 334 Å². The van der Waals surface area contributed by atoms with Crippen molar-refractivity contribution in [2.45, 2.75) is 24.7 Å². The average molecular weight is 1280 g/mol. The van der Waals surface area contributed by atoms with Gasteiger partial charge in [-0.3, -0.25) is 0 Å². The standard InChI is InChI=1S/C82H59BF6O3P2/c84-81(85,86)66-53-67(82(87,88)89)55-68(54-66)90-83(91-93(69-33-7-1-8-34-69,70-35-9-2-10-36-70,71-37-11-3-12-38-71)56-79-75-45-25-23-31-62(75)49-64-47-58-27-19-21-29-60(58)51-77(64)79)92-94(72-39-13-4-14-40-72,73-41-15-5-16-42-73,74-43-17-6-18-44-74)57-80-76-46-26-24-32-63(76)50-65-48-59-28-20-22-30-61(59)52-78(65)80/h1-55H,56-57H2. The minimum atomic E-state index is -5.26. The first-order valence-corrected chi connectivity index (χ1v) is 35.7. The Kier molecular flexibility index (Phi) is 15.1. The van der Waals surface area contributed by atoms with Gasteiger partial charge in [0.05, 0.1) is 0 Å². The summed E-state index contributed by atoms with van der Waals surface area (Å²) in [6.07, 6.45) is -10.4. The molecule has 460 valence electrons. The Morgan fingerprint density at radius 3 is 0.809 bits per heavy atom. The molecule has 0 heterocycles. The molecule has 0 aliphatic heterocycles. The van der Waals surface area contributed by atoms with Crippen LogP contribution in [0.4, 0.5) is 26.3 Å². The van der Waals surface area contributed by atoms with E-state index in [-0.39, 0.29) is 18.4 Å². The summed E-state index contributed by atoms with van der Waals surface area (Å²) in [4.78, 5) is 0. The number of benzene rings is 15. The Hall–Kier alpha value is -9.92. The van der Waals surface area contributed by atoms with E-state index >= 15 is 26.3 Å². The van der Waals surface area contributed by atoms with Crippen LogP contribution in [0.25, 0.3) is 64.6 Å². The van der Waals surface area contributed by atoms with Crippen LogP contribution in [0.3, 0.4) is 0 Å². The predicted molar refractivity (Wildman–Crippen MR) is 381 cm³/mol. The fraction of sp³-hybridized carbons (Fsp3) is 0.0488. The summed E-state index contributed by atoms with van der Waals surface area (Å²) in [6, 6.07) is 106. The van der Waals surface area contributed by atoms with Crippen LogP contribution in [0, 0.1) is 0 Å². The summed E-state index contributed by atoms with van der Waals surface area (Å²) in [5, 5.41) is 15.5. The van der Waals surface area contributed by atoms with E-state index in [1.807, 2.05) is 231 Å². The molecule has 0 saturated heterocycles. The second-order valence-electron chi connectivity index (χ2n) is 24.1. The molecule has 0 radical (unpaired) electrons. The number of fused-ring (bicyclic) bond motifs is 6. The zero-order valence-corrected chi connectivity index (χ0v) is 52.4. The molecule has 0 bridgehead atoms. The van der Waals surface area contributed by atoms with Crippen LogP contribution in [0.2, 0.25) is 0 Å². The predicted octanol–water partition coefficient (Wildman–Crippen LogP) is 20.3. The Balaban J connectivity index is 1.13. The Morgan fingerprint density at radius 1 is 0.255 bits per heavy atom. The fourth-order valence-corrected chi connectivity index (χ4v) is 26.0. The van der Waals surface area contributed by atoms with Gasteiger partial charge >= 0.3 is 544 Å². The van der Waals surface area contributed by atoms with Gasteiger partial charge in [-0.05, 0) is 0 Å². The van der Waals surface area contributed by atoms with Crippen molar-refractivity contribution < 1.29 is 39.9 Å². The Labute approximate surface area is 540 Å². The summed E-state index contributed by atoms with van der Waals surface area (Å²) in [5.74, 6) is -0.784. The summed E-state index contributed by atoms with van der Waals surface area (Å²) in [6.45, 7) is -10.5. The summed E-state index contributed by atoms with van der Waals surface area (Å²) in [5.41, 5.74) is -1.38. The third-order valence-corrected chi connectivity index (χ3v) is 30.3. The van der Waals surface area contributed by atoms with Crippen LogP contribution in [-0.2, 0) is 33.6 Å². The Morgan fingerprint density at radius 2 is 0.511 bits per heavy atom. The van der Waals surface area contributed by atoms with Gasteiger partial charge in [0.2, 0.25) is 0 Å². The number of alkyl halides is 6.